The molecule has 0 saturated heterocycles. The highest BCUT2D eigenvalue weighted by molar-refractivity contribution is 7.90. The molecule has 10 nitrogen and oxygen atoms in total. The molecule has 0 fully saturated rings. The van der Waals surface area contributed by atoms with Crippen LogP contribution >= 0.6 is 0 Å². The van der Waals surface area contributed by atoms with Crippen molar-refractivity contribution in [3.8, 4) is 22.6 Å². The predicted octanol–water partition coefficient (Wildman–Crippen LogP) is 4.30. The Balaban J connectivity index is 1.60. The number of rotatable bonds is 14. The van der Waals surface area contributed by atoms with E-state index in [0.717, 1.165) is 28.5 Å². The molecule has 1 heterocycles. The lowest BCUT2D eigenvalue weighted by atomic mass is 9.93. The average molecular weight is 598 g/mol. The van der Waals surface area contributed by atoms with Gasteiger partial charge in [-0.3, -0.25) is 4.79 Å². The number of amides is 1. The minimum Gasteiger partial charge on any atom is -0.480 e. The van der Waals surface area contributed by atoms with Crippen LogP contribution in [-0.2, 0) is 30.7 Å². The molecule has 42 heavy (non-hydrogen) atoms. The van der Waals surface area contributed by atoms with Crippen molar-refractivity contribution in [1.82, 2.24) is 5.32 Å². The number of hydrogen-bond donors (Lipinski definition) is 2. The molecule has 3 aromatic carbocycles. The Hall–Kier alpha value is -3.93. The first-order valence-electron chi connectivity index (χ1n) is 13.5. The van der Waals surface area contributed by atoms with Crippen LogP contribution in [-0.4, -0.2) is 63.5 Å². The van der Waals surface area contributed by atoms with Crippen LogP contribution in [0.15, 0.2) is 60.7 Å². The molecule has 1 amide bonds. The highest BCUT2D eigenvalue weighted by Crippen LogP contribution is 2.35. The maximum absolute atomic E-state index is 13.4. The number of ether oxygens (including phenoxy) is 4. The van der Waals surface area contributed by atoms with Gasteiger partial charge < -0.3 is 29.4 Å². The van der Waals surface area contributed by atoms with Crippen LogP contribution in [0.5, 0.6) is 11.5 Å². The molecule has 2 atom stereocenters. The van der Waals surface area contributed by atoms with Gasteiger partial charge in [-0.1, -0.05) is 36.4 Å². The van der Waals surface area contributed by atoms with Crippen molar-refractivity contribution < 1.29 is 42.1 Å². The van der Waals surface area contributed by atoms with E-state index in [-0.39, 0.29) is 31.1 Å². The minimum atomic E-state index is -3.41. The topological polar surface area (TPSA) is 137 Å². The highest BCUT2D eigenvalue weighted by Gasteiger charge is 2.25. The quantitative estimate of drug-likeness (QED) is 0.279. The molecule has 1 aliphatic rings. The molecule has 0 bridgehead atoms. The Morgan fingerprint density at radius 3 is 2.50 bits per heavy atom. The lowest BCUT2D eigenvalue weighted by Crippen LogP contribution is -2.42. The summed E-state index contributed by atoms with van der Waals surface area (Å²) in [6, 6.07) is 17.0. The lowest BCUT2D eigenvalue weighted by molar-refractivity contribution is -0.139. The molecule has 3 aromatic rings. The Kier molecular flexibility index (Phi) is 10.2. The number of fused-ring (bicyclic) bond motifs is 1. The molecule has 0 radical (unpaired) electrons. The first-order chi connectivity index (χ1) is 20.1. The zero-order valence-corrected chi connectivity index (χ0v) is 24.6. The fourth-order valence-corrected chi connectivity index (χ4v) is 5.24. The van der Waals surface area contributed by atoms with Gasteiger partial charge in [0.05, 0.1) is 19.0 Å². The van der Waals surface area contributed by atoms with Gasteiger partial charge in [-0.15, -0.1) is 0 Å². The van der Waals surface area contributed by atoms with Crippen LogP contribution in [0.1, 0.15) is 46.5 Å². The fraction of sp³-hybridized carbons (Fsp3) is 0.355. The van der Waals surface area contributed by atoms with Crippen molar-refractivity contribution in [3.05, 3.63) is 82.9 Å². The van der Waals surface area contributed by atoms with E-state index in [0.29, 0.717) is 30.3 Å². The van der Waals surface area contributed by atoms with Crippen molar-refractivity contribution in [2.45, 2.75) is 39.0 Å². The number of aliphatic carboxylic acids is 1. The van der Waals surface area contributed by atoms with Crippen LogP contribution in [0.25, 0.3) is 11.1 Å². The van der Waals surface area contributed by atoms with Crippen LogP contribution in [0.4, 0.5) is 0 Å². The number of nitrogens with one attached hydrogen (secondary N) is 1. The van der Waals surface area contributed by atoms with Gasteiger partial charge in [0.15, 0.2) is 11.5 Å². The van der Waals surface area contributed by atoms with Gasteiger partial charge in [0, 0.05) is 18.4 Å². The number of hydrogen-bond acceptors (Lipinski definition) is 8. The smallest absolute Gasteiger partial charge is 0.326 e. The van der Waals surface area contributed by atoms with E-state index in [1.54, 1.807) is 12.1 Å². The summed E-state index contributed by atoms with van der Waals surface area (Å²) in [7, 11) is -3.41. The molecule has 0 spiro atoms. The molecular weight excluding hydrogens is 562 g/mol. The summed E-state index contributed by atoms with van der Waals surface area (Å²) in [5.41, 5.74) is 4.25. The normalized spacial score (nSPS) is 13.9. The van der Waals surface area contributed by atoms with E-state index in [1.807, 2.05) is 62.4 Å². The first kappa shape index (κ1) is 31.0. The second-order valence-electron chi connectivity index (χ2n) is 10.0. The molecule has 0 aliphatic carbocycles. The summed E-state index contributed by atoms with van der Waals surface area (Å²) >= 11 is 0. The van der Waals surface area contributed by atoms with Crippen LogP contribution in [0.3, 0.4) is 0 Å². The van der Waals surface area contributed by atoms with Gasteiger partial charge in [0.1, 0.15) is 22.0 Å². The number of aryl methyl sites for hydroxylation is 1. The summed E-state index contributed by atoms with van der Waals surface area (Å²) in [6.07, 6.45) is 0.388. The van der Waals surface area contributed by atoms with Gasteiger partial charge in [-0.2, -0.15) is 0 Å². The SMILES string of the molecule is CCOC[C@@H](OCc1ccc(C(=O)N[C@@H](CCS(C)(=O)=O)C(=O)O)c(-c2ccccc2C)c1)c1ccc2c(c1)OCO2. The maximum atomic E-state index is 13.4. The van der Waals surface area contributed by atoms with Crippen molar-refractivity contribution >= 4 is 21.7 Å². The molecule has 4 rings (SSSR count). The number of carbonyl (C=O) groups is 2. The predicted molar refractivity (Wildman–Crippen MR) is 156 cm³/mol. The third-order valence-corrected chi connectivity index (χ3v) is 7.81. The lowest BCUT2D eigenvalue weighted by Gasteiger charge is -2.20. The second-order valence-corrected chi connectivity index (χ2v) is 12.3. The number of benzene rings is 3. The van der Waals surface area contributed by atoms with Crippen molar-refractivity contribution in [3.63, 3.8) is 0 Å². The largest absolute Gasteiger partial charge is 0.480 e. The summed E-state index contributed by atoms with van der Waals surface area (Å²) in [4.78, 5) is 25.2. The van der Waals surface area contributed by atoms with E-state index in [4.69, 9.17) is 18.9 Å². The van der Waals surface area contributed by atoms with Gasteiger partial charge in [0.2, 0.25) is 6.79 Å². The van der Waals surface area contributed by atoms with E-state index in [9.17, 15) is 23.1 Å². The highest BCUT2D eigenvalue weighted by atomic mass is 32.2. The molecule has 1 aliphatic heterocycles. The van der Waals surface area contributed by atoms with Crippen molar-refractivity contribution in [2.24, 2.45) is 0 Å². The van der Waals surface area contributed by atoms with E-state index in [1.165, 1.54) is 0 Å². The Morgan fingerprint density at radius 2 is 1.79 bits per heavy atom. The Labute approximate surface area is 245 Å². The van der Waals surface area contributed by atoms with Crippen LogP contribution in [0.2, 0.25) is 0 Å². The van der Waals surface area contributed by atoms with E-state index < -0.39 is 33.9 Å². The van der Waals surface area contributed by atoms with Gasteiger partial charge >= 0.3 is 5.97 Å². The Bertz CT molecular complexity index is 1540. The Morgan fingerprint density at radius 1 is 1.02 bits per heavy atom. The molecule has 224 valence electrons. The zero-order chi connectivity index (χ0) is 30.3. The molecule has 0 unspecified atom stereocenters. The summed E-state index contributed by atoms with van der Waals surface area (Å²) < 4.78 is 46.1. The summed E-state index contributed by atoms with van der Waals surface area (Å²) in [5, 5.41) is 12.1. The third-order valence-electron chi connectivity index (χ3n) is 6.84. The molecule has 0 saturated carbocycles. The zero-order valence-electron chi connectivity index (χ0n) is 23.8. The van der Waals surface area contributed by atoms with E-state index in [2.05, 4.69) is 5.32 Å². The molecule has 2 N–H and O–H groups in total. The number of carboxylic acids is 1. The van der Waals surface area contributed by atoms with Gasteiger partial charge in [-0.05, 0) is 72.4 Å². The van der Waals surface area contributed by atoms with Gasteiger partial charge in [-0.25, -0.2) is 13.2 Å². The first-order valence-corrected chi connectivity index (χ1v) is 15.6. The maximum Gasteiger partial charge on any atom is 0.326 e. The van der Waals surface area contributed by atoms with Crippen molar-refractivity contribution in [2.75, 3.05) is 32.0 Å². The van der Waals surface area contributed by atoms with E-state index >= 15 is 0 Å². The minimum absolute atomic E-state index is 0.169. The molecular formula is C31H35NO9S. The standard InChI is InChI=1S/C31H35NO9S/c1-4-38-18-29(22-10-12-27-28(16-22)41-19-40-27)39-17-21-9-11-24(25(15-21)23-8-6-5-7-20(23)2)30(33)32-26(31(34)35)13-14-42(3,36)37/h5-12,15-16,26,29H,4,13-14,17-19H2,1-3H3,(H,32,33)(H,34,35)/t26-,29+/m0/s1. The van der Waals surface area contributed by atoms with Gasteiger partial charge in [0.25, 0.3) is 5.91 Å². The monoisotopic (exact) mass is 597 g/mol. The van der Waals surface area contributed by atoms with Crippen LogP contribution in [0, 0.1) is 6.92 Å². The fourth-order valence-electron chi connectivity index (χ4n) is 4.58. The number of sulfone groups is 1. The summed E-state index contributed by atoms with van der Waals surface area (Å²) in [6.45, 7) is 5.05. The number of carboxylic acid groups (broad SMARTS) is 1. The average Bonchev–Trinajstić information content (AvgIpc) is 3.43. The number of carbonyl (C=O) groups excluding carboxylic acids is 1. The summed E-state index contributed by atoms with van der Waals surface area (Å²) in [5.74, 6) is -0.968. The second kappa shape index (κ2) is 13.8. The molecule has 11 heteroatoms. The van der Waals surface area contributed by atoms with Crippen molar-refractivity contribution in [1.29, 1.82) is 0 Å². The van der Waals surface area contributed by atoms with Crippen LogP contribution < -0.4 is 14.8 Å². The third kappa shape index (κ3) is 8.09. The molecule has 0 aromatic heterocycles.